The molecule has 2 saturated heterocycles. The van der Waals surface area contributed by atoms with Crippen LogP contribution in [0.3, 0.4) is 0 Å². The van der Waals surface area contributed by atoms with Crippen LogP contribution in [0, 0.1) is 0 Å². The van der Waals surface area contributed by atoms with E-state index in [1.54, 1.807) is 0 Å². The molecule has 0 aliphatic carbocycles. The number of hydrogen-bond acceptors (Lipinski definition) is 3. The first-order valence-corrected chi connectivity index (χ1v) is 7.84. The molecule has 0 aromatic heterocycles. The first-order chi connectivity index (χ1) is 8.74. The van der Waals surface area contributed by atoms with Gasteiger partial charge in [0.1, 0.15) is 0 Å². The monoisotopic (exact) mass is 254 g/mol. The van der Waals surface area contributed by atoms with Gasteiger partial charge >= 0.3 is 0 Å². The summed E-state index contributed by atoms with van der Waals surface area (Å²) in [6, 6.07) is 1.31. The molecule has 2 unspecified atom stereocenters. The van der Waals surface area contributed by atoms with Crippen molar-refractivity contribution < 1.29 is 4.74 Å². The van der Waals surface area contributed by atoms with Crippen LogP contribution in [0.25, 0.3) is 0 Å². The zero-order chi connectivity index (χ0) is 12.8. The van der Waals surface area contributed by atoms with E-state index in [0.29, 0.717) is 18.2 Å². The Bertz CT molecular complexity index is 227. The Morgan fingerprint density at radius 1 is 1.22 bits per heavy atom. The van der Waals surface area contributed by atoms with Gasteiger partial charge in [0.2, 0.25) is 0 Å². The van der Waals surface area contributed by atoms with Gasteiger partial charge in [-0.05, 0) is 45.1 Å². The summed E-state index contributed by atoms with van der Waals surface area (Å²) in [4.78, 5) is 2.63. The van der Waals surface area contributed by atoms with E-state index >= 15 is 0 Å². The Kier molecular flexibility index (Phi) is 5.93. The lowest BCUT2D eigenvalue weighted by atomic mass is 10.0. The lowest BCUT2D eigenvalue weighted by molar-refractivity contribution is 0.00370. The highest BCUT2D eigenvalue weighted by Crippen LogP contribution is 2.17. The summed E-state index contributed by atoms with van der Waals surface area (Å²) < 4.78 is 5.82. The molecule has 0 amide bonds. The smallest absolute Gasteiger partial charge is 0.0587 e. The van der Waals surface area contributed by atoms with Crippen molar-refractivity contribution in [2.75, 3.05) is 26.2 Å². The van der Waals surface area contributed by atoms with Crippen LogP contribution in [0.15, 0.2) is 0 Å². The second-order valence-corrected chi connectivity index (χ2v) is 6.24. The summed E-state index contributed by atoms with van der Waals surface area (Å²) in [6.45, 7) is 9.21. The minimum atomic E-state index is 0.539. The van der Waals surface area contributed by atoms with Gasteiger partial charge in [-0.1, -0.05) is 13.8 Å². The zero-order valence-corrected chi connectivity index (χ0v) is 12.2. The van der Waals surface area contributed by atoms with Crippen LogP contribution < -0.4 is 5.32 Å². The Balaban J connectivity index is 1.65. The van der Waals surface area contributed by atoms with E-state index < -0.39 is 0 Å². The van der Waals surface area contributed by atoms with Crippen molar-refractivity contribution in [3.05, 3.63) is 0 Å². The standard InChI is InChI=1S/C15H30N2O/c1-13(2)16-14-6-5-9-17(12-14)10-8-15-7-3-4-11-18-15/h13-16H,3-12H2,1-2H3. The Hall–Kier alpha value is -0.120. The summed E-state index contributed by atoms with van der Waals surface area (Å²) in [7, 11) is 0. The molecular weight excluding hydrogens is 224 g/mol. The number of rotatable bonds is 5. The minimum Gasteiger partial charge on any atom is -0.378 e. The Labute approximate surface area is 112 Å². The number of piperidine rings is 1. The molecule has 0 aromatic carbocycles. The summed E-state index contributed by atoms with van der Waals surface area (Å²) in [6.07, 6.45) is 8.36. The normalized spacial score (nSPS) is 30.8. The van der Waals surface area contributed by atoms with Crippen LogP contribution in [0.5, 0.6) is 0 Å². The maximum atomic E-state index is 5.82. The third kappa shape index (κ3) is 4.87. The van der Waals surface area contributed by atoms with E-state index in [4.69, 9.17) is 4.74 Å². The second kappa shape index (κ2) is 7.46. The molecule has 2 fully saturated rings. The molecule has 106 valence electrons. The summed E-state index contributed by atoms with van der Waals surface area (Å²) in [5.74, 6) is 0. The number of nitrogens with one attached hydrogen (secondary N) is 1. The number of nitrogens with zero attached hydrogens (tertiary/aromatic N) is 1. The molecule has 2 atom stereocenters. The average Bonchev–Trinajstić information content (AvgIpc) is 2.37. The predicted molar refractivity (Wildman–Crippen MR) is 75.9 cm³/mol. The van der Waals surface area contributed by atoms with Crippen molar-refractivity contribution in [2.24, 2.45) is 0 Å². The molecule has 3 nitrogen and oxygen atoms in total. The molecule has 2 aliphatic rings. The molecule has 0 bridgehead atoms. The minimum absolute atomic E-state index is 0.539. The fraction of sp³-hybridized carbons (Fsp3) is 1.00. The maximum Gasteiger partial charge on any atom is 0.0587 e. The largest absolute Gasteiger partial charge is 0.378 e. The first kappa shape index (κ1) is 14.3. The maximum absolute atomic E-state index is 5.82. The van der Waals surface area contributed by atoms with E-state index in [2.05, 4.69) is 24.1 Å². The van der Waals surface area contributed by atoms with Crippen LogP contribution >= 0.6 is 0 Å². The van der Waals surface area contributed by atoms with E-state index in [1.165, 1.54) is 58.2 Å². The molecule has 0 spiro atoms. The fourth-order valence-electron chi connectivity index (χ4n) is 3.23. The average molecular weight is 254 g/mol. The highest BCUT2D eigenvalue weighted by Gasteiger charge is 2.21. The molecule has 2 heterocycles. The van der Waals surface area contributed by atoms with Crippen LogP contribution in [0.4, 0.5) is 0 Å². The molecule has 0 radical (unpaired) electrons. The van der Waals surface area contributed by atoms with Crippen molar-refractivity contribution in [2.45, 2.75) is 70.6 Å². The highest BCUT2D eigenvalue weighted by atomic mass is 16.5. The molecule has 2 aliphatic heterocycles. The van der Waals surface area contributed by atoms with Gasteiger partial charge in [-0.2, -0.15) is 0 Å². The van der Waals surface area contributed by atoms with Crippen molar-refractivity contribution >= 4 is 0 Å². The summed E-state index contributed by atoms with van der Waals surface area (Å²) >= 11 is 0. The topological polar surface area (TPSA) is 24.5 Å². The van der Waals surface area contributed by atoms with Gasteiger partial charge in [-0.25, -0.2) is 0 Å². The fourth-order valence-corrected chi connectivity index (χ4v) is 3.23. The van der Waals surface area contributed by atoms with E-state index in [1.807, 2.05) is 0 Å². The lowest BCUT2D eigenvalue weighted by Crippen LogP contribution is -2.48. The van der Waals surface area contributed by atoms with Gasteiger partial charge < -0.3 is 15.0 Å². The zero-order valence-electron chi connectivity index (χ0n) is 12.2. The summed E-state index contributed by atoms with van der Waals surface area (Å²) in [5.41, 5.74) is 0. The quantitative estimate of drug-likeness (QED) is 0.815. The molecule has 1 N–H and O–H groups in total. The molecule has 3 heteroatoms. The van der Waals surface area contributed by atoms with Crippen molar-refractivity contribution in [1.29, 1.82) is 0 Å². The van der Waals surface area contributed by atoms with Gasteiger partial charge in [0.05, 0.1) is 6.10 Å². The predicted octanol–water partition coefficient (Wildman–Crippen LogP) is 2.41. The van der Waals surface area contributed by atoms with E-state index in [-0.39, 0.29) is 0 Å². The van der Waals surface area contributed by atoms with Gasteiger partial charge in [0.15, 0.2) is 0 Å². The van der Waals surface area contributed by atoms with Crippen LogP contribution in [0.2, 0.25) is 0 Å². The molecular formula is C15H30N2O. The van der Waals surface area contributed by atoms with Crippen LogP contribution in [-0.2, 0) is 4.74 Å². The highest BCUT2D eigenvalue weighted by molar-refractivity contribution is 4.80. The lowest BCUT2D eigenvalue weighted by Gasteiger charge is -2.35. The number of hydrogen-bond donors (Lipinski definition) is 1. The van der Waals surface area contributed by atoms with E-state index in [9.17, 15) is 0 Å². The molecule has 0 saturated carbocycles. The number of likely N-dealkylation sites (tertiary alicyclic amines) is 1. The van der Waals surface area contributed by atoms with Gasteiger partial charge in [0.25, 0.3) is 0 Å². The van der Waals surface area contributed by atoms with Crippen molar-refractivity contribution in [3.63, 3.8) is 0 Å². The SMILES string of the molecule is CC(C)NC1CCCN(CCC2CCCCO2)C1. The van der Waals surface area contributed by atoms with Crippen molar-refractivity contribution in [3.8, 4) is 0 Å². The third-order valence-corrected chi connectivity index (χ3v) is 4.12. The van der Waals surface area contributed by atoms with Gasteiger partial charge in [-0.15, -0.1) is 0 Å². The van der Waals surface area contributed by atoms with Crippen LogP contribution in [0.1, 0.15) is 52.4 Å². The second-order valence-electron chi connectivity index (χ2n) is 6.24. The first-order valence-electron chi connectivity index (χ1n) is 7.84. The van der Waals surface area contributed by atoms with Gasteiger partial charge in [0, 0.05) is 31.8 Å². The Morgan fingerprint density at radius 3 is 2.83 bits per heavy atom. The van der Waals surface area contributed by atoms with E-state index in [0.717, 1.165) is 6.61 Å². The molecule has 2 rings (SSSR count). The van der Waals surface area contributed by atoms with Crippen molar-refractivity contribution in [1.82, 2.24) is 10.2 Å². The summed E-state index contributed by atoms with van der Waals surface area (Å²) in [5, 5.41) is 3.68. The third-order valence-electron chi connectivity index (χ3n) is 4.12. The van der Waals surface area contributed by atoms with Crippen LogP contribution in [-0.4, -0.2) is 49.3 Å². The van der Waals surface area contributed by atoms with Gasteiger partial charge in [-0.3, -0.25) is 0 Å². The molecule has 0 aromatic rings. The Morgan fingerprint density at radius 2 is 2.11 bits per heavy atom. The molecule has 18 heavy (non-hydrogen) atoms. The number of ether oxygens (including phenoxy) is 1.